The molecule has 0 saturated carbocycles. The molecule has 0 bridgehead atoms. The normalized spacial score (nSPS) is 14.6. The standard InChI is InChI=1S/C8H16O/c1-3-5-8(2)6-4-7-9/h4,6,8-9H,3,5,7H2,1-2H3/b6-4+. The fourth-order valence-corrected chi connectivity index (χ4v) is 0.845. The fourth-order valence-electron chi connectivity index (χ4n) is 0.845. The van der Waals surface area contributed by atoms with Gasteiger partial charge in [-0.1, -0.05) is 32.4 Å². The molecule has 54 valence electrons. The second-order valence-corrected chi connectivity index (χ2v) is 2.38. The highest BCUT2D eigenvalue weighted by atomic mass is 16.2. The number of aliphatic hydroxyl groups is 1. The molecule has 0 heterocycles. The first-order valence-corrected chi connectivity index (χ1v) is 3.58. The van der Waals surface area contributed by atoms with Gasteiger partial charge in [-0.05, 0) is 12.3 Å². The summed E-state index contributed by atoms with van der Waals surface area (Å²) in [6, 6.07) is 0. The highest BCUT2D eigenvalue weighted by Crippen LogP contribution is 2.05. The van der Waals surface area contributed by atoms with E-state index in [2.05, 4.69) is 19.9 Å². The molecule has 1 atom stereocenters. The van der Waals surface area contributed by atoms with Crippen LogP contribution < -0.4 is 0 Å². The van der Waals surface area contributed by atoms with Crippen molar-refractivity contribution in [1.29, 1.82) is 0 Å². The molecule has 0 aliphatic heterocycles. The summed E-state index contributed by atoms with van der Waals surface area (Å²) in [6.45, 7) is 4.51. The first kappa shape index (κ1) is 8.70. The molecule has 1 unspecified atom stereocenters. The first-order valence-electron chi connectivity index (χ1n) is 3.58. The van der Waals surface area contributed by atoms with Gasteiger partial charge in [-0.25, -0.2) is 0 Å². The molecule has 0 saturated heterocycles. The van der Waals surface area contributed by atoms with Crippen LogP contribution >= 0.6 is 0 Å². The number of hydrogen-bond acceptors (Lipinski definition) is 1. The summed E-state index contributed by atoms with van der Waals surface area (Å²) in [6.07, 6.45) is 6.30. The van der Waals surface area contributed by atoms with Gasteiger partial charge in [0.25, 0.3) is 0 Å². The van der Waals surface area contributed by atoms with E-state index in [-0.39, 0.29) is 6.61 Å². The largest absolute Gasteiger partial charge is 0.392 e. The molecule has 0 fully saturated rings. The average Bonchev–Trinajstić information content (AvgIpc) is 1.85. The maximum absolute atomic E-state index is 8.40. The van der Waals surface area contributed by atoms with Gasteiger partial charge < -0.3 is 5.11 Å². The molecule has 0 aromatic heterocycles. The van der Waals surface area contributed by atoms with Crippen molar-refractivity contribution >= 4 is 0 Å². The Morgan fingerprint density at radius 1 is 1.56 bits per heavy atom. The van der Waals surface area contributed by atoms with Crippen molar-refractivity contribution in [2.24, 2.45) is 5.92 Å². The molecule has 1 N–H and O–H groups in total. The minimum absolute atomic E-state index is 0.175. The van der Waals surface area contributed by atoms with Gasteiger partial charge in [-0.15, -0.1) is 0 Å². The van der Waals surface area contributed by atoms with Crippen molar-refractivity contribution in [1.82, 2.24) is 0 Å². The van der Waals surface area contributed by atoms with Crippen LogP contribution in [-0.4, -0.2) is 11.7 Å². The van der Waals surface area contributed by atoms with Crippen LogP contribution in [0.1, 0.15) is 26.7 Å². The van der Waals surface area contributed by atoms with Gasteiger partial charge in [0.2, 0.25) is 0 Å². The van der Waals surface area contributed by atoms with Gasteiger partial charge in [-0.2, -0.15) is 0 Å². The molecule has 0 aliphatic carbocycles. The van der Waals surface area contributed by atoms with Crippen LogP contribution in [0.25, 0.3) is 0 Å². The summed E-state index contributed by atoms with van der Waals surface area (Å²) in [4.78, 5) is 0. The molecule has 0 spiro atoms. The Balaban J connectivity index is 3.25. The van der Waals surface area contributed by atoms with Crippen LogP contribution in [-0.2, 0) is 0 Å². The summed E-state index contributed by atoms with van der Waals surface area (Å²) < 4.78 is 0. The van der Waals surface area contributed by atoms with Crippen molar-refractivity contribution in [2.45, 2.75) is 26.7 Å². The lowest BCUT2D eigenvalue weighted by Gasteiger charge is -2.00. The van der Waals surface area contributed by atoms with Gasteiger partial charge >= 0.3 is 0 Å². The van der Waals surface area contributed by atoms with E-state index in [9.17, 15) is 0 Å². The quantitative estimate of drug-likeness (QED) is 0.574. The highest BCUT2D eigenvalue weighted by Gasteiger charge is 1.91. The van der Waals surface area contributed by atoms with Crippen molar-refractivity contribution < 1.29 is 5.11 Å². The van der Waals surface area contributed by atoms with E-state index in [1.54, 1.807) is 6.08 Å². The van der Waals surface area contributed by atoms with E-state index in [0.29, 0.717) is 5.92 Å². The van der Waals surface area contributed by atoms with Crippen molar-refractivity contribution in [2.75, 3.05) is 6.61 Å². The van der Waals surface area contributed by atoms with Gasteiger partial charge in [-0.3, -0.25) is 0 Å². The summed E-state index contributed by atoms with van der Waals surface area (Å²) in [5, 5.41) is 8.40. The molecule has 0 aromatic rings. The van der Waals surface area contributed by atoms with E-state index in [0.717, 1.165) is 0 Å². The Morgan fingerprint density at radius 3 is 2.67 bits per heavy atom. The number of allylic oxidation sites excluding steroid dienone is 1. The first-order chi connectivity index (χ1) is 4.31. The predicted molar refractivity (Wildman–Crippen MR) is 40.3 cm³/mol. The van der Waals surface area contributed by atoms with Crippen LogP contribution in [0.3, 0.4) is 0 Å². The zero-order valence-corrected chi connectivity index (χ0v) is 6.30. The third kappa shape index (κ3) is 5.57. The average molecular weight is 128 g/mol. The smallest absolute Gasteiger partial charge is 0.0612 e. The summed E-state index contributed by atoms with van der Waals surface area (Å²) >= 11 is 0. The second-order valence-electron chi connectivity index (χ2n) is 2.38. The summed E-state index contributed by atoms with van der Waals surface area (Å²) in [5.74, 6) is 0.627. The Morgan fingerprint density at radius 2 is 2.22 bits per heavy atom. The predicted octanol–water partition coefficient (Wildman–Crippen LogP) is 1.97. The number of rotatable bonds is 4. The third-order valence-corrected chi connectivity index (χ3v) is 1.31. The minimum Gasteiger partial charge on any atom is -0.392 e. The van der Waals surface area contributed by atoms with Crippen LogP contribution in [0.4, 0.5) is 0 Å². The highest BCUT2D eigenvalue weighted by molar-refractivity contribution is 4.85. The Kier molecular flexibility index (Phi) is 5.64. The van der Waals surface area contributed by atoms with E-state index in [1.165, 1.54) is 12.8 Å². The molecule has 0 aromatic carbocycles. The van der Waals surface area contributed by atoms with Gasteiger partial charge in [0, 0.05) is 0 Å². The molecule has 0 aliphatic rings. The lowest BCUT2D eigenvalue weighted by Crippen LogP contribution is -1.87. The molecule has 0 radical (unpaired) electrons. The number of hydrogen-bond donors (Lipinski definition) is 1. The molecular weight excluding hydrogens is 112 g/mol. The lowest BCUT2D eigenvalue weighted by atomic mass is 10.1. The molecule has 0 amide bonds. The van der Waals surface area contributed by atoms with Crippen LogP contribution in [0.15, 0.2) is 12.2 Å². The number of aliphatic hydroxyl groups excluding tert-OH is 1. The topological polar surface area (TPSA) is 20.2 Å². The molecule has 1 nitrogen and oxygen atoms in total. The monoisotopic (exact) mass is 128 g/mol. The van der Waals surface area contributed by atoms with E-state index >= 15 is 0 Å². The molecule has 1 heteroatoms. The lowest BCUT2D eigenvalue weighted by molar-refractivity contribution is 0.341. The Hall–Kier alpha value is -0.300. The van der Waals surface area contributed by atoms with Crippen molar-refractivity contribution in [3.8, 4) is 0 Å². The van der Waals surface area contributed by atoms with Crippen LogP contribution in [0.5, 0.6) is 0 Å². The molecule has 9 heavy (non-hydrogen) atoms. The Labute approximate surface area is 57.4 Å². The van der Waals surface area contributed by atoms with Crippen LogP contribution in [0, 0.1) is 5.92 Å². The van der Waals surface area contributed by atoms with Crippen molar-refractivity contribution in [3.63, 3.8) is 0 Å². The van der Waals surface area contributed by atoms with Gasteiger partial charge in [0.05, 0.1) is 6.61 Å². The van der Waals surface area contributed by atoms with Gasteiger partial charge in [0.15, 0.2) is 0 Å². The van der Waals surface area contributed by atoms with E-state index in [4.69, 9.17) is 5.11 Å². The summed E-state index contributed by atoms with van der Waals surface area (Å²) in [5.41, 5.74) is 0. The van der Waals surface area contributed by atoms with Crippen LogP contribution in [0.2, 0.25) is 0 Å². The third-order valence-electron chi connectivity index (χ3n) is 1.31. The molecule has 0 rings (SSSR count). The van der Waals surface area contributed by atoms with E-state index in [1.807, 2.05) is 0 Å². The fraction of sp³-hybridized carbons (Fsp3) is 0.750. The second kappa shape index (κ2) is 5.83. The van der Waals surface area contributed by atoms with Crippen molar-refractivity contribution in [3.05, 3.63) is 12.2 Å². The van der Waals surface area contributed by atoms with Gasteiger partial charge in [0.1, 0.15) is 0 Å². The summed E-state index contributed by atoms with van der Waals surface area (Å²) in [7, 11) is 0. The maximum atomic E-state index is 8.40. The maximum Gasteiger partial charge on any atom is 0.0612 e. The molecular formula is C8H16O. The zero-order valence-electron chi connectivity index (χ0n) is 6.30. The Bertz CT molecular complexity index is 76.6. The zero-order chi connectivity index (χ0) is 7.11. The minimum atomic E-state index is 0.175. The SMILES string of the molecule is CCCC(C)/C=C/CO. The van der Waals surface area contributed by atoms with E-state index < -0.39 is 0 Å².